The van der Waals surface area contributed by atoms with Gasteiger partial charge in [0.2, 0.25) is 5.91 Å². The van der Waals surface area contributed by atoms with E-state index in [0.29, 0.717) is 0 Å². The van der Waals surface area contributed by atoms with Gasteiger partial charge >= 0.3 is 0 Å². The average Bonchev–Trinajstić information content (AvgIpc) is 2.60. The molecule has 1 heterocycles. The van der Waals surface area contributed by atoms with Gasteiger partial charge in [0, 0.05) is 0 Å². The Morgan fingerprint density at radius 3 is 2.88 bits per heavy atom. The van der Waals surface area contributed by atoms with Gasteiger partial charge in [-0.3, -0.25) is 9.59 Å². The van der Waals surface area contributed by atoms with Gasteiger partial charge < -0.3 is 10.4 Å². The second kappa shape index (κ2) is 5.77. The lowest BCUT2D eigenvalue weighted by Crippen LogP contribution is -2.19. The van der Waals surface area contributed by atoms with Gasteiger partial charge in [0.1, 0.15) is 23.2 Å². The van der Waals surface area contributed by atoms with E-state index in [1.54, 1.807) is 0 Å². The predicted molar refractivity (Wildman–Crippen MR) is 58.0 cm³/mol. The summed E-state index contributed by atoms with van der Waals surface area (Å²) in [5, 5.41) is 23.9. The number of Topliss-reactive ketones (excluding diaryl/α,β-unsaturated/α-hetero) is 1. The zero-order valence-electron chi connectivity index (χ0n) is 9.30. The average molecular weight is 236 g/mol. The van der Waals surface area contributed by atoms with E-state index in [1.165, 1.54) is 17.8 Å². The Morgan fingerprint density at radius 2 is 2.35 bits per heavy atom. The van der Waals surface area contributed by atoms with Crippen molar-refractivity contribution in [1.82, 2.24) is 9.78 Å². The minimum absolute atomic E-state index is 0.164. The van der Waals surface area contributed by atoms with E-state index in [0.717, 1.165) is 0 Å². The molecule has 0 saturated heterocycles. The first-order valence-electron chi connectivity index (χ1n) is 4.94. The predicted octanol–water partition coefficient (Wildman–Crippen LogP) is -0.335. The quantitative estimate of drug-likeness (QED) is 0.680. The van der Waals surface area contributed by atoms with Gasteiger partial charge in [-0.25, -0.2) is 4.68 Å². The highest BCUT2D eigenvalue weighted by Gasteiger charge is 2.14. The molecule has 1 amide bonds. The van der Waals surface area contributed by atoms with Crippen molar-refractivity contribution < 1.29 is 14.7 Å². The molecule has 17 heavy (non-hydrogen) atoms. The molecule has 0 fully saturated rings. The van der Waals surface area contributed by atoms with Crippen LogP contribution in [0, 0.1) is 11.3 Å². The van der Waals surface area contributed by atoms with Crippen molar-refractivity contribution in [3.8, 4) is 6.07 Å². The van der Waals surface area contributed by atoms with E-state index in [4.69, 9.17) is 10.4 Å². The van der Waals surface area contributed by atoms with Gasteiger partial charge in [0.25, 0.3) is 0 Å². The summed E-state index contributed by atoms with van der Waals surface area (Å²) in [7, 11) is 0. The van der Waals surface area contributed by atoms with Crippen LogP contribution >= 0.6 is 0 Å². The van der Waals surface area contributed by atoms with Crippen molar-refractivity contribution in [2.75, 3.05) is 11.9 Å². The van der Waals surface area contributed by atoms with Crippen LogP contribution in [0.3, 0.4) is 0 Å². The largest absolute Gasteiger partial charge is 0.394 e. The summed E-state index contributed by atoms with van der Waals surface area (Å²) in [5.74, 6) is -0.573. The Bertz CT molecular complexity index is 472. The first-order valence-corrected chi connectivity index (χ1v) is 4.94. The second-order valence-corrected chi connectivity index (χ2v) is 3.39. The standard InChI is InChI=1S/C10H12N4O3/c1-7(16)4-9(17)13-10-8(5-11)6-12-14(10)2-3-15/h6,15H,2-4H2,1H3,(H,13,17). The summed E-state index contributed by atoms with van der Waals surface area (Å²) in [6.07, 6.45) is 1.04. The molecular weight excluding hydrogens is 224 g/mol. The normalized spacial score (nSPS) is 9.71. The summed E-state index contributed by atoms with van der Waals surface area (Å²) in [5.41, 5.74) is 0.190. The van der Waals surface area contributed by atoms with E-state index in [-0.39, 0.29) is 36.7 Å². The highest BCUT2D eigenvalue weighted by atomic mass is 16.3. The first kappa shape index (κ1) is 12.9. The summed E-state index contributed by atoms with van der Waals surface area (Å²) in [4.78, 5) is 22.2. The van der Waals surface area contributed by atoms with Crippen molar-refractivity contribution in [3.05, 3.63) is 11.8 Å². The molecule has 0 aliphatic heterocycles. The van der Waals surface area contributed by atoms with Crippen molar-refractivity contribution >= 4 is 17.5 Å². The number of nitrogens with one attached hydrogen (secondary N) is 1. The number of hydrogen-bond acceptors (Lipinski definition) is 5. The SMILES string of the molecule is CC(=O)CC(=O)Nc1c(C#N)cnn1CCO. The molecule has 0 aliphatic rings. The molecule has 0 radical (unpaired) electrons. The van der Waals surface area contributed by atoms with Crippen LogP contribution in [-0.4, -0.2) is 33.2 Å². The number of carbonyl (C=O) groups excluding carboxylic acids is 2. The number of nitrogens with zero attached hydrogens (tertiary/aromatic N) is 3. The maximum absolute atomic E-state index is 11.4. The fourth-order valence-electron chi connectivity index (χ4n) is 1.27. The Kier molecular flexibility index (Phi) is 4.37. The molecule has 7 heteroatoms. The Morgan fingerprint density at radius 1 is 1.65 bits per heavy atom. The molecular formula is C10H12N4O3. The van der Waals surface area contributed by atoms with Gasteiger partial charge in [-0.2, -0.15) is 10.4 Å². The van der Waals surface area contributed by atoms with Gasteiger partial charge in [-0.15, -0.1) is 0 Å². The number of hydrogen-bond donors (Lipinski definition) is 2. The van der Waals surface area contributed by atoms with E-state index in [9.17, 15) is 9.59 Å². The zero-order chi connectivity index (χ0) is 12.8. The highest BCUT2D eigenvalue weighted by molar-refractivity contribution is 6.03. The number of aliphatic hydroxyl groups excluding tert-OH is 1. The number of anilines is 1. The van der Waals surface area contributed by atoms with Crippen molar-refractivity contribution in [2.45, 2.75) is 19.9 Å². The number of aliphatic hydroxyl groups is 1. The molecule has 1 aromatic heterocycles. The van der Waals surface area contributed by atoms with Crippen LogP contribution in [0.1, 0.15) is 18.9 Å². The molecule has 0 aliphatic carbocycles. The third-order valence-corrected chi connectivity index (χ3v) is 1.94. The third-order valence-electron chi connectivity index (χ3n) is 1.94. The van der Waals surface area contributed by atoms with Crippen LogP contribution in [0.4, 0.5) is 5.82 Å². The molecule has 2 N–H and O–H groups in total. The Hall–Kier alpha value is -2.20. The zero-order valence-corrected chi connectivity index (χ0v) is 9.30. The van der Waals surface area contributed by atoms with Gasteiger partial charge in [0.05, 0.1) is 25.8 Å². The van der Waals surface area contributed by atoms with Gasteiger partial charge in [0.15, 0.2) is 0 Å². The maximum atomic E-state index is 11.4. The highest BCUT2D eigenvalue weighted by Crippen LogP contribution is 2.14. The molecule has 0 spiro atoms. The molecule has 0 unspecified atom stereocenters. The lowest BCUT2D eigenvalue weighted by atomic mass is 10.3. The summed E-state index contributed by atoms with van der Waals surface area (Å²) >= 11 is 0. The second-order valence-electron chi connectivity index (χ2n) is 3.39. The van der Waals surface area contributed by atoms with Crippen LogP contribution in [0.15, 0.2) is 6.20 Å². The lowest BCUT2D eigenvalue weighted by molar-refractivity contribution is -0.124. The van der Waals surface area contributed by atoms with Crippen LogP contribution in [0.25, 0.3) is 0 Å². The smallest absolute Gasteiger partial charge is 0.232 e. The fraction of sp³-hybridized carbons (Fsp3) is 0.400. The van der Waals surface area contributed by atoms with Gasteiger partial charge in [-0.1, -0.05) is 0 Å². The fourth-order valence-corrected chi connectivity index (χ4v) is 1.27. The molecule has 0 saturated carbocycles. The van der Waals surface area contributed by atoms with E-state index < -0.39 is 5.91 Å². The van der Waals surface area contributed by atoms with E-state index in [2.05, 4.69) is 10.4 Å². The molecule has 7 nitrogen and oxygen atoms in total. The van der Waals surface area contributed by atoms with Crippen LogP contribution in [-0.2, 0) is 16.1 Å². The van der Waals surface area contributed by atoms with Crippen molar-refractivity contribution in [2.24, 2.45) is 0 Å². The number of ketones is 1. The molecule has 0 bridgehead atoms. The minimum Gasteiger partial charge on any atom is -0.394 e. The molecule has 0 aromatic carbocycles. The number of aromatic nitrogens is 2. The lowest BCUT2D eigenvalue weighted by Gasteiger charge is -2.07. The summed E-state index contributed by atoms with van der Waals surface area (Å²) in [6, 6.07) is 1.87. The molecule has 1 aromatic rings. The van der Waals surface area contributed by atoms with E-state index in [1.807, 2.05) is 6.07 Å². The number of rotatable bonds is 5. The monoisotopic (exact) mass is 236 g/mol. The molecule has 90 valence electrons. The molecule has 1 rings (SSSR count). The Labute approximate surface area is 97.7 Å². The number of nitriles is 1. The molecule has 0 atom stereocenters. The van der Waals surface area contributed by atoms with Crippen molar-refractivity contribution in [1.29, 1.82) is 5.26 Å². The third kappa shape index (κ3) is 3.39. The summed E-state index contributed by atoms with van der Waals surface area (Å²) in [6.45, 7) is 1.30. The topological polar surface area (TPSA) is 108 Å². The maximum Gasteiger partial charge on any atom is 0.232 e. The first-order chi connectivity index (χ1) is 8.08. The van der Waals surface area contributed by atoms with Crippen LogP contribution in [0.5, 0.6) is 0 Å². The van der Waals surface area contributed by atoms with Crippen LogP contribution in [0.2, 0.25) is 0 Å². The van der Waals surface area contributed by atoms with Crippen LogP contribution < -0.4 is 5.32 Å². The number of carbonyl (C=O) groups is 2. The summed E-state index contributed by atoms with van der Waals surface area (Å²) < 4.78 is 1.30. The minimum atomic E-state index is -0.506. The number of amides is 1. The van der Waals surface area contributed by atoms with Gasteiger partial charge in [-0.05, 0) is 6.92 Å². The Balaban J connectivity index is 2.87. The van der Waals surface area contributed by atoms with E-state index >= 15 is 0 Å². The van der Waals surface area contributed by atoms with Crippen molar-refractivity contribution in [3.63, 3.8) is 0 Å².